The summed E-state index contributed by atoms with van der Waals surface area (Å²) in [5.74, 6) is -10.1. The zero-order valence-corrected chi connectivity index (χ0v) is 46.6. The molecular formula is C51H81N13O15. The van der Waals surface area contributed by atoms with Crippen molar-refractivity contribution in [1.82, 2.24) is 62.1 Å². The van der Waals surface area contributed by atoms with Gasteiger partial charge in [-0.05, 0) is 97.8 Å². The Morgan fingerprint density at radius 2 is 0.797 bits per heavy atom. The normalized spacial score (nSPS) is 21.6. The zero-order valence-electron chi connectivity index (χ0n) is 46.6. The fourth-order valence-electron chi connectivity index (χ4n) is 10.1. The Balaban J connectivity index is 1.23. The number of likely N-dealkylation sites (tertiary alicyclic amines) is 4. The van der Waals surface area contributed by atoms with Gasteiger partial charge in [-0.2, -0.15) is 0 Å². The third kappa shape index (κ3) is 17.3. The molecule has 0 saturated carbocycles. The van der Waals surface area contributed by atoms with Crippen molar-refractivity contribution < 1.29 is 72.2 Å². The van der Waals surface area contributed by atoms with Crippen LogP contribution in [0.3, 0.4) is 0 Å². The van der Waals surface area contributed by atoms with Gasteiger partial charge in [0.05, 0.1) is 13.0 Å². The molecule has 440 valence electrons. The van der Waals surface area contributed by atoms with Crippen LogP contribution in [0.25, 0.3) is 0 Å². The molecule has 4 fully saturated rings. The van der Waals surface area contributed by atoms with E-state index in [0.29, 0.717) is 32.1 Å². The van der Waals surface area contributed by atoms with Crippen molar-refractivity contribution in [2.75, 3.05) is 32.7 Å². The minimum atomic E-state index is -1.18. The van der Waals surface area contributed by atoms with Crippen molar-refractivity contribution in [1.29, 1.82) is 0 Å². The number of nitrogens with two attached hydrogens (primary N) is 1. The van der Waals surface area contributed by atoms with E-state index >= 15 is 0 Å². The van der Waals surface area contributed by atoms with E-state index in [2.05, 4.69) is 42.5 Å². The summed E-state index contributed by atoms with van der Waals surface area (Å²) < 4.78 is 0. The van der Waals surface area contributed by atoms with Gasteiger partial charge in [-0.15, -0.1) is 0 Å². The highest BCUT2D eigenvalue weighted by Gasteiger charge is 2.43. The number of hydrogen-bond donors (Lipinski definition) is 10. The second kappa shape index (κ2) is 29.0. The first-order chi connectivity index (χ1) is 37.0. The van der Waals surface area contributed by atoms with E-state index in [9.17, 15) is 67.1 Å². The van der Waals surface area contributed by atoms with Gasteiger partial charge in [0.2, 0.25) is 76.8 Å². The highest BCUT2D eigenvalue weighted by Crippen LogP contribution is 2.23. The van der Waals surface area contributed by atoms with E-state index in [0.717, 1.165) is 0 Å². The Kier molecular flexibility index (Phi) is 23.5. The van der Waals surface area contributed by atoms with Crippen molar-refractivity contribution in [2.45, 2.75) is 193 Å². The molecule has 79 heavy (non-hydrogen) atoms. The first kappa shape index (κ1) is 64.1. The second-order valence-electron chi connectivity index (χ2n) is 21.5. The number of carboxylic acid groups (broad SMARTS) is 1. The van der Waals surface area contributed by atoms with Gasteiger partial charge in [-0.1, -0.05) is 27.7 Å². The Bertz CT molecular complexity index is 2350. The van der Waals surface area contributed by atoms with E-state index < -0.39 is 168 Å². The van der Waals surface area contributed by atoms with Gasteiger partial charge >= 0.3 is 5.97 Å². The number of primary amides is 1. The van der Waals surface area contributed by atoms with E-state index in [1.54, 1.807) is 27.7 Å². The third-order valence-corrected chi connectivity index (χ3v) is 14.6. The first-order valence-electron chi connectivity index (χ1n) is 27.2. The monoisotopic (exact) mass is 1120 g/mol. The van der Waals surface area contributed by atoms with Crippen molar-refractivity contribution >= 4 is 82.8 Å². The summed E-state index contributed by atoms with van der Waals surface area (Å²) in [7, 11) is 0. The van der Waals surface area contributed by atoms with Crippen LogP contribution in [0.4, 0.5) is 0 Å². The molecule has 11 atom stereocenters. The average molecular weight is 1120 g/mol. The molecule has 28 nitrogen and oxygen atoms in total. The number of carboxylic acids is 1. The summed E-state index contributed by atoms with van der Waals surface area (Å²) in [4.78, 5) is 188. The predicted octanol–water partition coefficient (Wildman–Crippen LogP) is -3.78. The molecule has 4 saturated heterocycles. The fourth-order valence-corrected chi connectivity index (χ4v) is 10.1. The number of carbonyl (C=O) groups excluding carboxylic acids is 13. The van der Waals surface area contributed by atoms with Gasteiger partial charge in [0.25, 0.3) is 0 Å². The molecule has 4 heterocycles. The molecule has 4 rings (SSSR count). The van der Waals surface area contributed by atoms with Gasteiger partial charge in [-0.3, -0.25) is 67.1 Å². The van der Waals surface area contributed by atoms with E-state index in [1.807, 2.05) is 0 Å². The molecule has 0 aromatic heterocycles. The molecule has 0 unspecified atom stereocenters. The molecule has 0 aromatic rings. The van der Waals surface area contributed by atoms with Crippen LogP contribution in [-0.4, -0.2) is 207 Å². The molecule has 0 radical (unpaired) electrons. The Morgan fingerprint density at radius 1 is 0.430 bits per heavy atom. The van der Waals surface area contributed by atoms with E-state index in [4.69, 9.17) is 10.8 Å². The molecule has 0 spiro atoms. The van der Waals surface area contributed by atoms with Crippen LogP contribution < -0.4 is 48.3 Å². The van der Waals surface area contributed by atoms with Gasteiger partial charge in [-0.25, -0.2) is 0 Å². The fraction of sp³-hybridized carbons (Fsp3) is 0.725. The van der Waals surface area contributed by atoms with Crippen molar-refractivity contribution in [3.63, 3.8) is 0 Å². The largest absolute Gasteiger partial charge is 0.481 e. The van der Waals surface area contributed by atoms with Crippen LogP contribution in [0, 0.1) is 11.8 Å². The second-order valence-corrected chi connectivity index (χ2v) is 21.5. The molecule has 0 aromatic carbocycles. The highest BCUT2D eigenvalue weighted by molar-refractivity contribution is 5.99. The van der Waals surface area contributed by atoms with Crippen molar-refractivity contribution in [2.24, 2.45) is 17.6 Å². The average Bonchev–Trinajstić information content (AvgIpc) is 4.27. The summed E-state index contributed by atoms with van der Waals surface area (Å²) in [6, 6.07) is -11.5. The maximum absolute atomic E-state index is 13.8. The lowest BCUT2D eigenvalue weighted by Crippen LogP contribution is -2.59. The zero-order chi connectivity index (χ0) is 59.2. The number of nitrogens with zero attached hydrogens (tertiary/aromatic N) is 4. The summed E-state index contributed by atoms with van der Waals surface area (Å²) in [6.07, 6.45) is 2.24. The van der Waals surface area contributed by atoms with Crippen LogP contribution >= 0.6 is 0 Å². The molecule has 0 bridgehead atoms. The van der Waals surface area contributed by atoms with Gasteiger partial charge in [0.1, 0.15) is 66.5 Å². The maximum atomic E-state index is 13.8. The van der Waals surface area contributed by atoms with E-state index in [-0.39, 0.29) is 57.8 Å². The number of nitrogens with one attached hydrogen (secondary N) is 8. The summed E-state index contributed by atoms with van der Waals surface area (Å²) in [5, 5.41) is 29.4. The minimum absolute atomic E-state index is 0.163. The third-order valence-electron chi connectivity index (χ3n) is 14.6. The van der Waals surface area contributed by atoms with Crippen LogP contribution in [0.2, 0.25) is 0 Å². The lowest BCUT2D eigenvalue weighted by atomic mass is 10.0. The van der Waals surface area contributed by atoms with Crippen molar-refractivity contribution in [3.05, 3.63) is 0 Å². The number of carbonyl (C=O) groups is 14. The maximum Gasteiger partial charge on any atom is 0.303 e. The minimum Gasteiger partial charge on any atom is -0.481 e. The van der Waals surface area contributed by atoms with Crippen LogP contribution in [0.5, 0.6) is 0 Å². The van der Waals surface area contributed by atoms with Gasteiger partial charge < -0.3 is 73.0 Å². The summed E-state index contributed by atoms with van der Waals surface area (Å²) in [6.45, 7) is 14.2. The first-order valence-corrected chi connectivity index (χ1v) is 27.2. The smallest absolute Gasteiger partial charge is 0.303 e. The number of amides is 13. The lowest BCUT2D eigenvalue weighted by Gasteiger charge is -2.32. The standard InChI is InChI=1S/C51H81N13O15/c1-25(2)39(41(52)69)59-48(76)35-17-13-23-64(35)51(79)40(26(3)4)60-44(72)29(7)57-45(73)32-14-10-20-61(32)37(66)24-53-42(70)27(5)55-46(74)33-15-12-22-63(33)50(78)31(9)58-43(71)28(6)56-47(75)34-16-11-21-62(34)49(77)30(8)54-36(65)18-19-38(67)68/h25-35,39-40H,10-24H2,1-9H3,(H2,52,69)(H,53,70)(H,54,65)(H,55,74)(H,56,75)(H,57,73)(H,58,71)(H,59,76)(H,60,72)(H,67,68)/t27-,28-,29-,30-,31-,32-,33-,34-,35-,39-,40-/m0/s1. The number of aliphatic carboxylic acids is 1. The van der Waals surface area contributed by atoms with Gasteiger partial charge in [0.15, 0.2) is 0 Å². The van der Waals surface area contributed by atoms with E-state index in [1.165, 1.54) is 54.2 Å². The predicted molar refractivity (Wildman–Crippen MR) is 280 cm³/mol. The molecule has 28 heteroatoms. The van der Waals surface area contributed by atoms with Crippen LogP contribution in [0.1, 0.15) is 127 Å². The molecular weight excluding hydrogens is 1030 g/mol. The lowest BCUT2D eigenvalue weighted by molar-refractivity contribution is -0.143. The van der Waals surface area contributed by atoms with Crippen LogP contribution in [0.15, 0.2) is 0 Å². The SMILES string of the molecule is CC(C)[C@H](NC(=O)[C@@H]1CCCN1C(=O)[C@@H](NC(=O)[C@H](C)NC(=O)[C@@H]1CCCN1C(=O)CNC(=O)[C@H](C)NC(=O)[C@@H]1CCCN1C(=O)[C@H](C)NC(=O)[C@H](C)NC(=O)[C@@H]1CCCN1C(=O)[C@H](C)NC(=O)CCC(=O)O)C(C)C)C(N)=O. The van der Waals surface area contributed by atoms with Crippen molar-refractivity contribution in [3.8, 4) is 0 Å². The summed E-state index contributed by atoms with van der Waals surface area (Å²) >= 11 is 0. The van der Waals surface area contributed by atoms with Crippen LogP contribution in [-0.2, 0) is 67.1 Å². The topological polar surface area (TPSA) is 394 Å². The molecule has 13 amide bonds. The molecule has 0 aliphatic carbocycles. The Hall–Kier alpha value is -7.42. The highest BCUT2D eigenvalue weighted by atomic mass is 16.4. The Labute approximate surface area is 459 Å². The molecule has 4 aliphatic rings. The molecule has 4 aliphatic heterocycles. The number of rotatable bonds is 25. The summed E-state index contributed by atoms with van der Waals surface area (Å²) in [5.41, 5.74) is 5.48. The molecule has 11 N–H and O–H groups in total. The number of hydrogen-bond acceptors (Lipinski definition) is 14. The Morgan fingerprint density at radius 3 is 1.22 bits per heavy atom. The van der Waals surface area contributed by atoms with Gasteiger partial charge in [0, 0.05) is 32.6 Å². The quantitative estimate of drug-likeness (QED) is 0.0420.